The predicted molar refractivity (Wildman–Crippen MR) is 80.9 cm³/mol. The Hall–Kier alpha value is -1.85. The van der Waals surface area contributed by atoms with Crippen molar-refractivity contribution in [2.24, 2.45) is 0 Å². The van der Waals surface area contributed by atoms with E-state index in [1.165, 1.54) is 24.5 Å². The van der Waals surface area contributed by atoms with E-state index in [-0.39, 0.29) is 5.75 Å². The van der Waals surface area contributed by atoms with Gasteiger partial charge in [0.2, 0.25) is 0 Å². The first-order valence-corrected chi connectivity index (χ1v) is 7.02. The van der Waals surface area contributed by atoms with Crippen LogP contribution in [0.2, 0.25) is 5.02 Å². The van der Waals surface area contributed by atoms with Crippen LogP contribution in [0.4, 0.5) is 15.2 Å². The summed E-state index contributed by atoms with van der Waals surface area (Å²) in [5, 5.41) is 4.43. The number of hydrogen-bond acceptors (Lipinski definition) is 4. The monoisotopic (exact) mass is 308 g/mol. The molecule has 0 aliphatic rings. The maximum Gasteiger partial charge on any atom is 0.188 e. The van der Waals surface area contributed by atoms with Gasteiger partial charge in [0.15, 0.2) is 16.7 Å². The molecule has 3 nitrogen and oxygen atoms in total. The normalized spacial score (nSPS) is 10.8. The summed E-state index contributed by atoms with van der Waals surface area (Å²) < 4.78 is 19.5. The molecule has 3 rings (SSSR count). The van der Waals surface area contributed by atoms with Gasteiger partial charge in [-0.3, -0.25) is 0 Å². The zero-order valence-corrected chi connectivity index (χ0v) is 12.1. The van der Waals surface area contributed by atoms with Crippen LogP contribution in [-0.2, 0) is 0 Å². The number of nitrogens with one attached hydrogen (secondary N) is 1. The fourth-order valence-corrected chi connectivity index (χ4v) is 2.98. The first kappa shape index (κ1) is 13.1. The SMILES string of the molecule is COc1ccc(Nc2nc3ccc(Cl)cc3s2)cc1F. The van der Waals surface area contributed by atoms with Crippen LogP contribution in [-0.4, -0.2) is 12.1 Å². The molecule has 1 heterocycles. The number of nitrogens with zero attached hydrogens (tertiary/aromatic N) is 1. The molecular weight excluding hydrogens is 299 g/mol. The van der Waals surface area contributed by atoms with Crippen LogP contribution in [0.3, 0.4) is 0 Å². The van der Waals surface area contributed by atoms with Gasteiger partial charge in [-0.15, -0.1) is 0 Å². The molecule has 0 saturated heterocycles. The van der Waals surface area contributed by atoms with Gasteiger partial charge in [0.25, 0.3) is 0 Å². The van der Waals surface area contributed by atoms with Crippen molar-refractivity contribution in [3.05, 3.63) is 47.2 Å². The topological polar surface area (TPSA) is 34.1 Å². The van der Waals surface area contributed by atoms with Crippen LogP contribution in [0.15, 0.2) is 36.4 Å². The third kappa shape index (κ3) is 2.55. The van der Waals surface area contributed by atoms with Gasteiger partial charge < -0.3 is 10.1 Å². The molecule has 1 aromatic heterocycles. The Morgan fingerprint density at radius 1 is 1.25 bits per heavy atom. The summed E-state index contributed by atoms with van der Waals surface area (Å²) in [6.45, 7) is 0. The summed E-state index contributed by atoms with van der Waals surface area (Å²) in [5.41, 5.74) is 1.48. The number of aromatic nitrogens is 1. The Bertz CT molecular complexity index is 775. The van der Waals surface area contributed by atoms with Crippen molar-refractivity contribution in [3.8, 4) is 5.75 Å². The molecule has 0 aliphatic carbocycles. The van der Waals surface area contributed by atoms with Crippen molar-refractivity contribution in [1.29, 1.82) is 0 Å². The number of thiazole rings is 1. The molecule has 0 saturated carbocycles. The van der Waals surface area contributed by atoms with E-state index in [2.05, 4.69) is 10.3 Å². The molecule has 1 N–H and O–H groups in total. The Labute approximate surface area is 124 Å². The number of benzene rings is 2. The third-order valence-corrected chi connectivity index (χ3v) is 3.92. The lowest BCUT2D eigenvalue weighted by molar-refractivity contribution is 0.386. The van der Waals surface area contributed by atoms with Gasteiger partial charge in [-0.25, -0.2) is 9.37 Å². The zero-order valence-electron chi connectivity index (χ0n) is 10.5. The second-order valence-corrected chi connectivity index (χ2v) is 5.57. The summed E-state index contributed by atoms with van der Waals surface area (Å²) in [5.74, 6) is -0.201. The van der Waals surface area contributed by atoms with Crippen molar-refractivity contribution in [1.82, 2.24) is 4.98 Å². The minimum atomic E-state index is -0.415. The van der Waals surface area contributed by atoms with Gasteiger partial charge in [-0.05, 0) is 30.3 Å². The predicted octanol–water partition coefficient (Wildman–Crippen LogP) is 4.84. The first-order valence-electron chi connectivity index (χ1n) is 5.82. The summed E-state index contributed by atoms with van der Waals surface area (Å²) in [4.78, 5) is 4.42. The van der Waals surface area contributed by atoms with Gasteiger partial charge in [-0.1, -0.05) is 22.9 Å². The molecule has 0 atom stereocenters. The Kier molecular flexibility index (Phi) is 3.46. The second kappa shape index (κ2) is 5.26. The van der Waals surface area contributed by atoms with E-state index < -0.39 is 5.82 Å². The molecule has 3 aromatic rings. The highest BCUT2D eigenvalue weighted by atomic mass is 35.5. The Morgan fingerprint density at radius 3 is 2.85 bits per heavy atom. The van der Waals surface area contributed by atoms with E-state index in [0.717, 1.165) is 10.2 Å². The minimum Gasteiger partial charge on any atom is -0.494 e. The molecule has 0 bridgehead atoms. The molecule has 0 aliphatic heterocycles. The number of hydrogen-bond donors (Lipinski definition) is 1. The molecule has 0 amide bonds. The van der Waals surface area contributed by atoms with Crippen molar-refractivity contribution in [3.63, 3.8) is 0 Å². The highest BCUT2D eigenvalue weighted by molar-refractivity contribution is 7.22. The minimum absolute atomic E-state index is 0.214. The lowest BCUT2D eigenvalue weighted by Gasteiger charge is -2.05. The van der Waals surface area contributed by atoms with Crippen LogP contribution >= 0.6 is 22.9 Å². The number of rotatable bonds is 3. The van der Waals surface area contributed by atoms with Gasteiger partial charge in [0, 0.05) is 16.8 Å². The molecule has 0 fully saturated rings. The summed E-state index contributed by atoms with van der Waals surface area (Å²) in [6.07, 6.45) is 0. The van der Waals surface area contributed by atoms with E-state index in [9.17, 15) is 4.39 Å². The van der Waals surface area contributed by atoms with Crippen LogP contribution in [0.1, 0.15) is 0 Å². The van der Waals surface area contributed by atoms with Crippen LogP contribution in [0.25, 0.3) is 10.2 Å². The maximum atomic E-state index is 13.6. The van der Waals surface area contributed by atoms with Crippen LogP contribution in [0, 0.1) is 5.82 Å². The number of halogens is 2. The number of methoxy groups -OCH3 is 1. The molecule has 20 heavy (non-hydrogen) atoms. The lowest BCUT2D eigenvalue weighted by atomic mass is 10.3. The molecular formula is C14H10ClFN2OS. The fourth-order valence-electron chi connectivity index (χ4n) is 1.82. The number of ether oxygens (including phenoxy) is 1. The van der Waals surface area contributed by atoms with Gasteiger partial charge >= 0.3 is 0 Å². The van der Waals surface area contributed by atoms with Gasteiger partial charge in [0.05, 0.1) is 17.3 Å². The van der Waals surface area contributed by atoms with E-state index in [1.54, 1.807) is 18.2 Å². The van der Waals surface area contributed by atoms with E-state index in [0.29, 0.717) is 15.8 Å². The molecule has 102 valence electrons. The van der Waals surface area contributed by atoms with E-state index in [1.807, 2.05) is 12.1 Å². The van der Waals surface area contributed by atoms with Gasteiger partial charge in [0.1, 0.15) is 0 Å². The molecule has 0 radical (unpaired) electrons. The number of fused-ring (bicyclic) bond motifs is 1. The van der Waals surface area contributed by atoms with Crippen LogP contribution < -0.4 is 10.1 Å². The van der Waals surface area contributed by atoms with E-state index in [4.69, 9.17) is 16.3 Å². The number of anilines is 2. The average molecular weight is 309 g/mol. The first-order chi connectivity index (χ1) is 9.65. The Balaban J connectivity index is 1.90. The smallest absolute Gasteiger partial charge is 0.188 e. The fraction of sp³-hybridized carbons (Fsp3) is 0.0714. The van der Waals surface area contributed by atoms with Crippen LogP contribution in [0.5, 0.6) is 5.75 Å². The molecule has 2 aromatic carbocycles. The highest BCUT2D eigenvalue weighted by Crippen LogP contribution is 2.31. The summed E-state index contributed by atoms with van der Waals surface area (Å²) in [6, 6.07) is 10.2. The van der Waals surface area contributed by atoms with Crippen molar-refractivity contribution in [2.45, 2.75) is 0 Å². The zero-order chi connectivity index (χ0) is 14.1. The third-order valence-electron chi connectivity index (χ3n) is 2.75. The van der Waals surface area contributed by atoms with Crippen molar-refractivity contribution >= 4 is 44.0 Å². The van der Waals surface area contributed by atoms with Crippen molar-refractivity contribution < 1.29 is 9.13 Å². The highest BCUT2D eigenvalue weighted by Gasteiger charge is 2.07. The maximum absolute atomic E-state index is 13.6. The molecule has 6 heteroatoms. The summed E-state index contributed by atoms with van der Waals surface area (Å²) in [7, 11) is 1.43. The molecule has 0 spiro atoms. The van der Waals surface area contributed by atoms with Crippen molar-refractivity contribution in [2.75, 3.05) is 12.4 Å². The van der Waals surface area contributed by atoms with E-state index >= 15 is 0 Å². The average Bonchev–Trinajstić information content (AvgIpc) is 2.80. The lowest BCUT2D eigenvalue weighted by Crippen LogP contribution is -1.92. The van der Waals surface area contributed by atoms with Gasteiger partial charge in [-0.2, -0.15) is 0 Å². The largest absolute Gasteiger partial charge is 0.494 e. The second-order valence-electron chi connectivity index (χ2n) is 4.11. The summed E-state index contributed by atoms with van der Waals surface area (Å²) >= 11 is 7.40. The quantitative estimate of drug-likeness (QED) is 0.751. The standard InChI is InChI=1S/C14H10ClFN2OS/c1-19-12-5-3-9(7-10(12)16)17-14-18-11-4-2-8(15)6-13(11)20-14/h2-7H,1H3,(H,17,18). The molecule has 0 unspecified atom stereocenters. The Morgan fingerprint density at radius 2 is 2.10 bits per heavy atom.